The normalized spacial score (nSPS) is 20.2. The molecule has 0 saturated carbocycles. The third-order valence-corrected chi connectivity index (χ3v) is 6.33. The van der Waals surface area contributed by atoms with Gasteiger partial charge in [0.1, 0.15) is 25.0 Å². The Morgan fingerprint density at radius 3 is 2.47 bits per heavy atom. The molecule has 3 aliphatic heterocycles. The first-order valence-corrected chi connectivity index (χ1v) is 12.4. The van der Waals surface area contributed by atoms with Crippen molar-refractivity contribution < 1.29 is 30.0 Å². The van der Waals surface area contributed by atoms with Crippen molar-refractivity contribution in [2.45, 2.75) is 39.6 Å². The molecule has 2 fully saturated rings. The van der Waals surface area contributed by atoms with Gasteiger partial charge in [-0.3, -0.25) is 24.6 Å². The van der Waals surface area contributed by atoms with Crippen LogP contribution >= 0.6 is 0 Å². The highest BCUT2D eigenvalue weighted by molar-refractivity contribution is 6.04. The molecule has 0 unspecified atom stereocenters. The van der Waals surface area contributed by atoms with Gasteiger partial charge in [0.2, 0.25) is 0 Å². The fourth-order valence-corrected chi connectivity index (χ4v) is 4.46. The Balaban J connectivity index is 0.00000124. The number of hydrogen-bond donors (Lipinski definition) is 1. The Kier molecular flexibility index (Phi) is 8.69. The van der Waals surface area contributed by atoms with E-state index in [2.05, 4.69) is 34.5 Å². The molecule has 2 aromatic carbocycles. The summed E-state index contributed by atoms with van der Waals surface area (Å²) in [6.45, 7) is 8.73. The van der Waals surface area contributed by atoms with Crippen LogP contribution in [0.4, 0.5) is 0 Å². The lowest BCUT2D eigenvalue weighted by Crippen LogP contribution is -2.48. The van der Waals surface area contributed by atoms with E-state index in [4.69, 9.17) is 14.2 Å². The summed E-state index contributed by atoms with van der Waals surface area (Å²) in [4.78, 5) is 40.8. The van der Waals surface area contributed by atoms with E-state index in [1.54, 1.807) is 12.1 Å². The van der Waals surface area contributed by atoms with E-state index in [0.717, 1.165) is 44.0 Å². The molecule has 0 radical (unpaired) electrons. The molecular formula is C27H35N3O6. The van der Waals surface area contributed by atoms with Crippen molar-refractivity contribution in [3.8, 4) is 5.75 Å². The van der Waals surface area contributed by atoms with Gasteiger partial charge in [0.15, 0.2) is 0 Å². The molecule has 3 heterocycles. The number of amides is 3. The number of hydrogen-bond acceptors (Lipinski definition) is 7. The summed E-state index contributed by atoms with van der Waals surface area (Å²) in [5.41, 5.74) is 3.51. The Morgan fingerprint density at radius 1 is 1.00 bits per heavy atom. The number of rotatable bonds is 6. The smallest absolute Gasteiger partial charge is 0.255 e. The maximum atomic E-state index is 13.0. The third kappa shape index (κ3) is 5.92. The van der Waals surface area contributed by atoms with Gasteiger partial charge in [-0.2, -0.15) is 0 Å². The van der Waals surface area contributed by atoms with Crippen LogP contribution in [0.25, 0.3) is 0 Å². The molecular weight excluding hydrogens is 462 g/mol. The molecule has 36 heavy (non-hydrogen) atoms. The molecule has 1 atom stereocenters. The fourth-order valence-electron chi connectivity index (χ4n) is 4.46. The third-order valence-electron chi connectivity index (χ3n) is 6.33. The molecule has 0 aliphatic carbocycles. The summed E-state index contributed by atoms with van der Waals surface area (Å²) in [6.07, 6.45) is 0. The number of nitrogens with one attached hydrogen (secondary N) is 1. The minimum atomic E-state index is -0.863. The van der Waals surface area contributed by atoms with Crippen LogP contribution in [0.3, 0.4) is 0 Å². The van der Waals surface area contributed by atoms with Crippen molar-refractivity contribution in [2.75, 3.05) is 39.5 Å². The number of benzene rings is 2. The number of morpholine rings is 1. The SMILES string of the molecule is CC.O=C1COC[C@H](N2Cc3c(OCc4ccc(CN5CCOCC5)cc4)cccc3C2=O)C(=O)N1.[HH]. The number of fused-ring (bicyclic) bond motifs is 1. The van der Waals surface area contributed by atoms with Crippen LogP contribution in [-0.2, 0) is 38.8 Å². The van der Waals surface area contributed by atoms with Crippen LogP contribution in [0.5, 0.6) is 5.75 Å². The average Bonchev–Trinajstić information content (AvgIpc) is 3.14. The molecule has 0 bridgehead atoms. The van der Waals surface area contributed by atoms with Crippen molar-refractivity contribution in [3.63, 3.8) is 0 Å². The summed E-state index contributed by atoms with van der Waals surface area (Å²) in [7, 11) is 0. The second kappa shape index (κ2) is 12.1. The molecule has 3 amide bonds. The quantitative estimate of drug-likeness (QED) is 0.612. The van der Waals surface area contributed by atoms with Crippen molar-refractivity contribution >= 4 is 17.7 Å². The Hall–Kier alpha value is -3.27. The number of carbonyl (C=O) groups excluding carboxylic acids is 3. The summed E-state index contributed by atoms with van der Waals surface area (Å²) in [5, 5.41) is 2.27. The second-order valence-electron chi connectivity index (χ2n) is 8.65. The van der Waals surface area contributed by atoms with E-state index in [0.29, 0.717) is 17.9 Å². The summed E-state index contributed by atoms with van der Waals surface area (Å²) in [6, 6.07) is 12.8. The standard InChI is InChI=1S/C25H27N3O6.C2H6.H2/c29-23-16-33-15-21(24(30)26-23)28-13-20-19(25(28)31)2-1-3-22(20)34-14-18-6-4-17(5-7-18)12-27-8-10-32-11-9-27;1-2;/h1-7,21H,8-16H2,(H,26,29,30);1-2H3;1H/t21-;;/m0../s1. The van der Waals surface area contributed by atoms with Gasteiger partial charge < -0.3 is 19.1 Å². The van der Waals surface area contributed by atoms with E-state index >= 15 is 0 Å². The van der Waals surface area contributed by atoms with Gasteiger partial charge in [-0.15, -0.1) is 0 Å². The van der Waals surface area contributed by atoms with E-state index < -0.39 is 17.9 Å². The number of imide groups is 1. The summed E-state index contributed by atoms with van der Waals surface area (Å²) in [5.74, 6) is -0.692. The van der Waals surface area contributed by atoms with Gasteiger partial charge in [-0.25, -0.2) is 0 Å². The lowest BCUT2D eigenvalue weighted by atomic mass is 10.1. The van der Waals surface area contributed by atoms with Crippen molar-refractivity contribution in [3.05, 3.63) is 64.7 Å². The minimum Gasteiger partial charge on any atom is -0.489 e. The molecule has 9 heteroatoms. The predicted molar refractivity (Wildman–Crippen MR) is 134 cm³/mol. The van der Waals surface area contributed by atoms with E-state index in [9.17, 15) is 14.4 Å². The van der Waals surface area contributed by atoms with Gasteiger partial charge >= 0.3 is 0 Å². The van der Waals surface area contributed by atoms with Crippen LogP contribution in [0.2, 0.25) is 0 Å². The number of carbonyl (C=O) groups is 3. The Bertz CT molecular complexity index is 1090. The molecule has 3 aliphatic rings. The maximum Gasteiger partial charge on any atom is 0.255 e. The highest BCUT2D eigenvalue weighted by Crippen LogP contribution is 2.33. The number of ether oxygens (including phenoxy) is 3. The first-order chi connectivity index (χ1) is 17.6. The molecule has 0 aromatic heterocycles. The Morgan fingerprint density at radius 2 is 1.72 bits per heavy atom. The van der Waals surface area contributed by atoms with Gasteiger partial charge in [0.05, 0.1) is 26.4 Å². The van der Waals surface area contributed by atoms with E-state index in [-0.39, 0.29) is 27.1 Å². The topological polar surface area (TPSA) is 97.4 Å². The van der Waals surface area contributed by atoms with Gasteiger partial charge in [0, 0.05) is 32.2 Å². The van der Waals surface area contributed by atoms with Crippen LogP contribution < -0.4 is 10.1 Å². The molecule has 194 valence electrons. The van der Waals surface area contributed by atoms with Crippen LogP contribution in [-0.4, -0.2) is 73.1 Å². The second-order valence-corrected chi connectivity index (χ2v) is 8.65. The van der Waals surface area contributed by atoms with Gasteiger partial charge in [-0.1, -0.05) is 44.2 Å². The zero-order valence-corrected chi connectivity index (χ0v) is 20.8. The minimum absolute atomic E-state index is 0. The highest BCUT2D eigenvalue weighted by Gasteiger charge is 2.39. The molecule has 2 aromatic rings. The van der Waals surface area contributed by atoms with Crippen molar-refractivity contribution in [1.82, 2.24) is 15.1 Å². The monoisotopic (exact) mass is 497 g/mol. The maximum absolute atomic E-state index is 13.0. The van der Waals surface area contributed by atoms with Crippen LogP contribution in [0.15, 0.2) is 42.5 Å². The first-order valence-electron chi connectivity index (χ1n) is 12.4. The largest absolute Gasteiger partial charge is 0.489 e. The molecule has 9 nitrogen and oxygen atoms in total. The van der Waals surface area contributed by atoms with Crippen LogP contribution in [0, 0.1) is 0 Å². The van der Waals surface area contributed by atoms with E-state index in [1.807, 2.05) is 19.9 Å². The average molecular weight is 498 g/mol. The van der Waals surface area contributed by atoms with Crippen molar-refractivity contribution in [1.29, 1.82) is 0 Å². The van der Waals surface area contributed by atoms with E-state index in [1.165, 1.54) is 10.5 Å². The van der Waals surface area contributed by atoms with Gasteiger partial charge in [0.25, 0.3) is 17.7 Å². The highest BCUT2D eigenvalue weighted by atomic mass is 16.5. The predicted octanol–water partition coefficient (Wildman–Crippen LogP) is 2.37. The lowest BCUT2D eigenvalue weighted by Gasteiger charge is -2.26. The zero-order chi connectivity index (χ0) is 25.5. The summed E-state index contributed by atoms with van der Waals surface area (Å²) >= 11 is 0. The van der Waals surface area contributed by atoms with Crippen LogP contribution in [0.1, 0.15) is 42.3 Å². The Labute approximate surface area is 212 Å². The molecule has 5 rings (SSSR count). The number of nitrogens with zero attached hydrogens (tertiary/aromatic N) is 2. The van der Waals surface area contributed by atoms with Crippen molar-refractivity contribution in [2.24, 2.45) is 0 Å². The molecule has 1 N–H and O–H groups in total. The first kappa shape index (κ1) is 25.8. The lowest BCUT2D eigenvalue weighted by molar-refractivity contribution is -0.131. The van der Waals surface area contributed by atoms with Gasteiger partial charge in [-0.05, 0) is 23.3 Å². The zero-order valence-electron chi connectivity index (χ0n) is 20.8. The fraction of sp³-hybridized carbons (Fsp3) is 0.444. The molecule has 0 spiro atoms. The molecule has 2 saturated heterocycles. The summed E-state index contributed by atoms with van der Waals surface area (Å²) < 4.78 is 16.8.